The van der Waals surface area contributed by atoms with Crippen molar-refractivity contribution >= 4 is 22.8 Å². The Morgan fingerprint density at radius 1 is 1.14 bits per heavy atom. The van der Waals surface area contributed by atoms with E-state index in [9.17, 15) is 13.6 Å². The van der Waals surface area contributed by atoms with Crippen LogP contribution in [0.1, 0.15) is 5.56 Å². The molecular weight excluding hydrogens is 376 g/mol. The summed E-state index contributed by atoms with van der Waals surface area (Å²) in [4.78, 5) is 19.9. The smallest absolute Gasteiger partial charge is 0.274 e. The van der Waals surface area contributed by atoms with Gasteiger partial charge in [-0.2, -0.15) is 0 Å². The Kier molecular flexibility index (Phi) is 3.84. The quantitative estimate of drug-likeness (QED) is 0.542. The molecular formula is C22H15F2N3O2. The number of halogens is 2. The average Bonchev–Trinajstić information content (AvgIpc) is 3.36. The molecule has 0 saturated carbocycles. The van der Waals surface area contributed by atoms with Crippen LogP contribution >= 0.6 is 0 Å². The van der Waals surface area contributed by atoms with Crippen LogP contribution < -0.4 is 10.3 Å². The largest absolute Gasteiger partial charge is 0.454 e. The fourth-order valence-corrected chi connectivity index (χ4v) is 3.65. The number of nitrogens with zero attached hydrogens (tertiary/aromatic N) is 2. The molecule has 0 bridgehead atoms. The number of aliphatic imine (C=N–C) groups is 1. The number of aromatic amines is 1. The number of hydrogen-bond donors (Lipinski definition) is 1. The lowest BCUT2D eigenvalue weighted by molar-refractivity contribution is 0.439. The predicted octanol–water partition coefficient (Wildman–Crippen LogP) is 4.86. The van der Waals surface area contributed by atoms with Gasteiger partial charge in [0.25, 0.3) is 5.56 Å². The number of nitrogens with one attached hydrogen (secondary N) is 1. The van der Waals surface area contributed by atoms with Crippen LogP contribution in [0, 0.1) is 11.6 Å². The highest BCUT2D eigenvalue weighted by Crippen LogP contribution is 2.46. The molecule has 4 aromatic rings. The summed E-state index contributed by atoms with van der Waals surface area (Å²) in [5.74, 6) is -1.20. The van der Waals surface area contributed by atoms with Crippen molar-refractivity contribution in [2.24, 2.45) is 12.0 Å². The maximum absolute atomic E-state index is 14.2. The molecule has 0 spiro atoms. The monoisotopic (exact) mass is 391 g/mol. The second-order valence-electron chi connectivity index (χ2n) is 6.86. The van der Waals surface area contributed by atoms with E-state index >= 15 is 0 Å². The maximum Gasteiger partial charge on any atom is 0.274 e. The minimum atomic E-state index is -0.799. The third-order valence-corrected chi connectivity index (χ3v) is 5.03. The lowest BCUT2D eigenvalue weighted by atomic mass is 9.97. The fourth-order valence-electron chi connectivity index (χ4n) is 3.65. The Bertz CT molecular complexity index is 1370. The highest BCUT2D eigenvalue weighted by atomic mass is 19.1. The summed E-state index contributed by atoms with van der Waals surface area (Å²) in [5, 5.41) is 0.716. The molecule has 0 amide bonds. The summed E-state index contributed by atoms with van der Waals surface area (Å²) in [6.07, 6.45) is 5.89. The number of pyridine rings is 1. The van der Waals surface area contributed by atoms with Gasteiger partial charge in [-0.1, -0.05) is 6.07 Å². The van der Waals surface area contributed by atoms with Gasteiger partial charge in [-0.25, -0.2) is 8.78 Å². The van der Waals surface area contributed by atoms with Crippen LogP contribution in [0.3, 0.4) is 0 Å². The standard InChI is InChI=1S/C22H15F2N3O2/c1-27-11-15(14-7-9-26-21(14)22(27)28)19-18(4-2-12-6-8-25-20(12)19)29-17-5-3-13(23)10-16(17)24/h2-5,7-11,26H,6H2,1H3. The van der Waals surface area contributed by atoms with Crippen molar-refractivity contribution < 1.29 is 13.5 Å². The average molecular weight is 391 g/mol. The van der Waals surface area contributed by atoms with Crippen molar-refractivity contribution in [3.8, 4) is 22.6 Å². The number of ether oxygens (including phenoxy) is 1. The first-order valence-corrected chi connectivity index (χ1v) is 9.01. The molecule has 1 N–H and O–H groups in total. The summed E-state index contributed by atoms with van der Waals surface area (Å²) in [7, 11) is 1.67. The van der Waals surface area contributed by atoms with Crippen LogP contribution in [-0.2, 0) is 13.5 Å². The van der Waals surface area contributed by atoms with Gasteiger partial charge in [-0.05, 0) is 29.8 Å². The van der Waals surface area contributed by atoms with Crippen LogP contribution in [-0.4, -0.2) is 15.8 Å². The molecule has 0 saturated heterocycles. The first-order chi connectivity index (χ1) is 14.0. The van der Waals surface area contributed by atoms with Gasteiger partial charge in [0.05, 0.1) is 11.3 Å². The van der Waals surface area contributed by atoms with Crippen molar-refractivity contribution in [3.63, 3.8) is 0 Å². The molecule has 0 unspecified atom stereocenters. The van der Waals surface area contributed by atoms with E-state index in [0.717, 1.165) is 23.3 Å². The highest BCUT2D eigenvalue weighted by Gasteiger charge is 2.22. The fraction of sp³-hybridized carbons (Fsp3) is 0.0909. The van der Waals surface area contributed by atoms with E-state index in [4.69, 9.17) is 4.74 Å². The van der Waals surface area contributed by atoms with Crippen molar-refractivity contribution in [3.05, 3.63) is 76.3 Å². The van der Waals surface area contributed by atoms with Gasteiger partial charge in [0.2, 0.25) is 0 Å². The first kappa shape index (κ1) is 17.4. The van der Waals surface area contributed by atoms with Crippen LogP contribution in [0.4, 0.5) is 14.5 Å². The van der Waals surface area contributed by atoms with Gasteiger partial charge in [0.15, 0.2) is 11.6 Å². The second-order valence-corrected chi connectivity index (χ2v) is 6.86. The molecule has 5 nitrogen and oxygen atoms in total. The first-order valence-electron chi connectivity index (χ1n) is 9.01. The number of H-pyrrole nitrogens is 1. The van der Waals surface area contributed by atoms with Crippen molar-refractivity contribution in [2.75, 3.05) is 0 Å². The molecule has 0 fully saturated rings. The summed E-state index contributed by atoms with van der Waals surface area (Å²) in [5.41, 5.74) is 3.41. The Balaban J connectivity index is 1.78. The molecule has 3 heterocycles. The lowest BCUT2D eigenvalue weighted by Gasteiger charge is -2.16. The molecule has 0 aliphatic carbocycles. The Morgan fingerprint density at radius 3 is 2.79 bits per heavy atom. The Morgan fingerprint density at radius 2 is 1.97 bits per heavy atom. The van der Waals surface area contributed by atoms with Gasteiger partial charge >= 0.3 is 0 Å². The summed E-state index contributed by atoms with van der Waals surface area (Å²) >= 11 is 0. The highest BCUT2D eigenvalue weighted by molar-refractivity contribution is 6.01. The van der Waals surface area contributed by atoms with E-state index < -0.39 is 11.6 Å². The number of rotatable bonds is 3. The maximum atomic E-state index is 14.2. The molecule has 1 aliphatic heterocycles. The number of aromatic nitrogens is 2. The van der Waals surface area contributed by atoms with E-state index in [1.54, 1.807) is 31.7 Å². The van der Waals surface area contributed by atoms with Gasteiger partial charge in [-0.3, -0.25) is 9.79 Å². The molecule has 0 atom stereocenters. The zero-order valence-electron chi connectivity index (χ0n) is 15.4. The Labute approximate surface area is 163 Å². The van der Waals surface area contributed by atoms with Gasteiger partial charge < -0.3 is 14.3 Å². The van der Waals surface area contributed by atoms with Gasteiger partial charge in [0, 0.05) is 49.1 Å². The van der Waals surface area contributed by atoms with Gasteiger partial charge in [0.1, 0.15) is 17.1 Å². The van der Waals surface area contributed by atoms with Crippen molar-refractivity contribution in [2.45, 2.75) is 6.42 Å². The van der Waals surface area contributed by atoms with Crippen molar-refractivity contribution in [1.82, 2.24) is 9.55 Å². The summed E-state index contributed by atoms with van der Waals surface area (Å²) in [6, 6.07) is 8.59. The normalized spacial score (nSPS) is 12.5. The van der Waals surface area contributed by atoms with Gasteiger partial charge in [-0.15, -0.1) is 0 Å². The van der Waals surface area contributed by atoms with Crippen LogP contribution in [0.25, 0.3) is 22.0 Å². The number of fused-ring (bicyclic) bond motifs is 2. The molecule has 0 radical (unpaired) electrons. The van der Waals surface area contributed by atoms with Crippen LogP contribution in [0.2, 0.25) is 0 Å². The van der Waals surface area contributed by atoms with Crippen LogP contribution in [0.5, 0.6) is 11.5 Å². The summed E-state index contributed by atoms with van der Waals surface area (Å²) < 4.78 is 34.8. The molecule has 29 heavy (non-hydrogen) atoms. The van der Waals surface area contributed by atoms with Crippen molar-refractivity contribution in [1.29, 1.82) is 0 Å². The third-order valence-electron chi connectivity index (χ3n) is 5.03. The molecule has 144 valence electrons. The molecule has 5 rings (SSSR count). The minimum Gasteiger partial charge on any atom is -0.454 e. The van der Waals surface area contributed by atoms with E-state index in [1.165, 1.54) is 10.6 Å². The van der Waals surface area contributed by atoms with E-state index in [1.807, 2.05) is 12.1 Å². The zero-order chi connectivity index (χ0) is 20.1. The predicted molar refractivity (Wildman–Crippen MR) is 107 cm³/mol. The Hall–Kier alpha value is -3.74. The topological polar surface area (TPSA) is 59.4 Å². The number of aryl methyl sites for hydroxylation is 1. The molecule has 2 aromatic carbocycles. The molecule has 1 aliphatic rings. The van der Waals surface area contributed by atoms with E-state index in [2.05, 4.69) is 9.98 Å². The molecule has 7 heteroatoms. The second kappa shape index (κ2) is 6.41. The SMILES string of the molecule is Cn1cc(-c2c(Oc3ccc(F)cc3F)ccc3c2N=CC3)c2cc[nH]c2c1=O. The third kappa shape index (κ3) is 2.74. The lowest BCUT2D eigenvalue weighted by Crippen LogP contribution is -2.16. The summed E-state index contributed by atoms with van der Waals surface area (Å²) in [6.45, 7) is 0. The van der Waals surface area contributed by atoms with E-state index in [0.29, 0.717) is 34.3 Å². The van der Waals surface area contributed by atoms with E-state index in [-0.39, 0.29) is 11.3 Å². The number of hydrogen-bond acceptors (Lipinski definition) is 3. The van der Waals surface area contributed by atoms with Crippen LogP contribution in [0.15, 0.2) is 58.6 Å². The zero-order valence-corrected chi connectivity index (χ0v) is 15.4. The number of benzene rings is 2. The molecule has 2 aromatic heterocycles. The minimum absolute atomic E-state index is 0.0929.